The number of amides is 2. The van der Waals surface area contributed by atoms with Gasteiger partial charge in [-0.15, -0.1) is 0 Å². The van der Waals surface area contributed by atoms with Gasteiger partial charge >= 0.3 is 0 Å². The van der Waals surface area contributed by atoms with Gasteiger partial charge in [0.25, 0.3) is 0 Å². The van der Waals surface area contributed by atoms with Crippen LogP contribution in [0.3, 0.4) is 0 Å². The van der Waals surface area contributed by atoms with Gasteiger partial charge in [-0.05, 0) is 62.1 Å². The van der Waals surface area contributed by atoms with E-state index in [9.17, 15) is 9.59 Å². The Balaban J connectivity index is 1.57. The van der Waals surface area contributed by atoms with Gasteiger partial charge in [0.2, 0.25) is 11.8 Å². The van der Waals surface area contributed by atoms with Crippen LogP contribution in [0.15, 0.2) is 58.7 Å². The van der Waals surface area contributed by atoms with E-state index in [1.54, 1.807) is 24.3 Å². The number of unbranched alkanes of at least 4 members (excludes halogenated alkanes) is 3. The third-order valence-corrected chi connectivity index (χ3v) is 4.91. The van der Waals surface area contributed by atoms with Gasteiger partial charge in [-0.3, -0.25) is 9.59 Å². The van der Waals surface area contributed by atoms with Crippen LogP contribution >= 0.6 is 0 Å². The summed E-state index contributed by atoms with van der Waals surface area (Å²) in [6.45, 7) is 3.66. The Morgan fingerprint density at radius 2 is 1.00 bits per heavy atom. The van der Waals surface area contributed by atoms with Crippen LogP contribution in [-0.4, -0.2) is 23.2 Å². The number of hydrazone groups is 2. The number of rotatable bonds is 11. The van der Waals surface area contributed by atoms with Crippen molar-refractivity contribution in [3.63, 3.8) is 0 Å². The highest BCUT2D eigenvalue weighted by molar-refractivity contribution is 6.00. The van der Waals surface area contributed by atoms with Crippen LogP contribution in [0, 0.1) is 0 Å². The fraction of sp³-hybridized carbons (Fsp3) is 0.333. The number of carbonyl (C=O) groups excluding carboxylic acids is 2. The molecule has 0 bridgehead atoms. The Kier molecular flexibility index (Phi) is 9.90. The van der Waals surface area contributed by atoms with E-state index in [0.29, 0.717) is 24.2 Å². The lowest BCUT2D eigenvalue weighted by Crippen LogP contribution is -2.19. The summed E-state index contributed by atoms with van der Waals surface area (Å²) in [7, 11) is 0. The van der Waals surface area contributed by atoms with E-state index in [2.05, 4.69) is 21.1 Å². The predicted molar refractivity (Wildman–Crippen MR) is 130 cm³/mol. The number of benzene rings is 2. The number of nitrogen functional groups attached to an aromatic ring is 2. The predicted octanol–water partition coefficient (Wildman–Crippen LogP) is 3.57. The monoisotopic (exact) mass is 436 g/mol. The maximum absolute atomic E-state index is 11.9. The van der Waals surface area contributed by atoms with E-state index in [1.165, 1.54) is 0 Å². The first-order chi connectivity index (χ1) is 15.3. The van der Waals surface area contributed by atoms with E-state index in [0.717, 1.165) is 48.2 Å². The smallest absolute Gasteiger partial charge is 0.240 e. The third kappa shape index (κ3) is 8.99. The van der Waals surface area contributed by atoms with Crippen LogP contribution in [0.1, 0.15) is 63.5 Å². The molecule has 0 unspecified atom stereocenters. The maximum Gasteiger partial charge on any atom is 0.240 e. The van der Waals surface area contributed by atoms with Gasteiger partial charge in [-0.1, -0.05) is 37.1 Å². The second-order valence-electron chi connectivity index (χ2n) is 7.62. The van der Waals surface area contributed by atoms with Gasteiger partial charge in [0, 0.05) is 24.2 Å². The van der Waals surface area contributed by atoms with Gasteiger partial charge in [-0.25, -0.2) is 10.9 Å². The van der Waals surface area contributed by atoms with Crippen molar-refractivity contribution in [2.24, 2.45) is 10.2 Å². The molecule has 8 heteroatoms. The van der Waals surface area contributed by atoms with E-state index < -0.39 is 0 Å². The molecule has 0 heterocycles. The topological polar surface area (TPSA) is 135 Å². The zero-order chi connectivity index (χ0) is 23.3. The number of nitrogens with two attached hydrogens (primary N) is 2. The average Bonchev–Trinajstić information content (AvgIpc) is 2.79. The fourth-order valence-electron chi connectivity index (χ4n) is 2.91. The Bertz CT molecular complexity index is 870. The number of carbonyl (C=O) groups is 2. The molecule has 0 atom stereocenters. The molecular formula is C24H32N6O2. The van der Waals surface area contributed by atoms with Crippen LogP contribution in [-0.2, 0) is 9.59 Å². The van der Waals surface area contributed by atoms with Crippen molar-refractivity contribution in [3.8, 4) is 0 Å². The largest absolute Gasteiger partial charge is 0.399 e. The van der Waals surface area contributed by atoms with Crippen molar-refractivity contribution < 1.29 is 9.59 Å². The molecule has 0 aliphatic carbocycles. The van der Waals surface area contributed by atoms with E-state index in [4.69, 9.17) is 11.5 Å². The lowest BCUT2D eigenvalue weighted by Gasteiger charge is -2.05. The molecule has 0 saturated heterocycles. The van der Waals surface area contributed by atoms with E-state index >= 15 is 0 Å². The summed E-state index contributed by atoms with van der Waals surface area (Å²) in [5, 5.41) is 8.26. The Morgan fingerprint density at radius 3 is 1.34 bits per heavy atom. The van der Waals surface area contributed by atoms with Gasteiger partial charge in [0.15, 0.2) is 0 Å². The Hall–Kier alpha value is -3.68. The highest BCUT2D eigenvalue weighted by Gasteiger charge is 2.04. The quantitative estimate of drug-likeness (QED) is 0.185. The average molecular weight is 437 g/mol. The molecule has 0 spiro atoms. The highest BCUT2D eigenvalue weighted by atomic mass is 16.2. The highest BCUT2D eigenvalue weighted by Crippen LogP contribution is 2.08. The summed E-state index contributed by atoms with van der Waals surface area (Å²) in [4.78, 5) is 23.9. The number of anilines is 2. The maximum atomic E-state index is 11.9. The van der Waals surface area contributed by atoms with Crippen molar-refractivity contribution in [1.29, 1.82) is 0 Å². The van der Waals surface area contributed by atoms with Gasteiger partial charge < -0.3 is 11.5 Å². The summed E-state index contributed by atoms with van der Waals surface area (Å²) in [6.07, 6.45) is 4.03. The molecule has 170 valence electrons. The summed E-state index contributed by atoms with van der Waals surface area (Å²) >= 11 is 0. The minimum atomic E-state index is -0.120. The Labute approximate surface area is 189 Å². The molecule has 32 heavy (non-hydrogen) atoms. The van der Waals surface area contributed by atoms with E-state index in [-0.39, 0.29) is 11.8 Å². The second-order valence-corrected chi connectivity index (χ2v) is 7.62. The normalized spacial score (nSPS) is 11.8. The summed E-state index contributed by atoms with van der Waals surface area (Å²) in [5.74, 6) is -0.241. The first kappa shape index (κ1) is 24.6. The number of nitrogens with zero attached hydrogens (tertiary/aromatic N) is 2. The van der Waals surface area contributed by atoms with Crippen molar-refractivity contribution in [3.05, 3.63) is 59.7 Å². The lowest BCUT2D eigenvalue weighted by molar-refractivity contribution is -0.122. The number of hydrogen-bond donors (Lipinski definition) is 4. The molecule has 6 N–H and O–H groups in total. The zero-order valence-electron chi connectivity index (χ0n) is 18.7. The van der Waals surface area contributed by atoms with Crippen LogP contribution in [0.4, 0.5) is 11.4 Å². The van der Waals surface area contributed by atoms with Gasteiger partial charge in [-0.2, -0.15) is 10.2 Å². The molecule has 0 aliphatic rings. The molecule has 0 radical (unpaired) electrons. The number of hydrogen-bond acceptors (Lipinski definition) is 6. The summed E-state index contributed by atoms with van der Waals surface area (Å²) in [6, 6.07) is 14.6. The molecule has 0 saturated carbocycles. The van der Waals surface area contributed by atoms with Gasteiger partial charge in [0.05, 0.1) is 11.4 Å². The molecule has 2 aromatic carbocycles. The molecule has 0 fully saturated rings. The zero-order valence-corrected chi connectivity index (χ0v) is 18.7. The van der Waals surface area contributed by atoms with Gasteiger partial charge in [0.1, 0.15) is 0 Å². The molecule has 0 aromatic heterocycles. The van der Waals surface area contributed by atoms with Crippen molar-refractivity contribution in [2.75, 3.05) is 11.5 Å². The first-order valence-corrected chi connectivity index (χ1v) is 10.7. The molecular weight excluding hydrogens is 404 g/mol. The van der Waals surface area contributed by atoms with Crippen LogP contribution < -0.4 is 22.3 Å². The lowest BCUT2D eigenvalue weighted by atomic mass is 10.1. The molecule has 8 nitrogen and oxygen atoms in total. The molecule has 2 aromatic rings. The third-order valence-electron chi connectivity index (χ3n) is 4.91. The Morgan fingerprint density at radius 1 is 0.656 bits per heavy atom. The standard InChI is InChI=1S/C24H32N6O2/c1-17(19-9-13-21(25)14-10-19)27-29-23(31)7-5-3-4-6-8-24(32)30-28-18(2)20-11-15-22(26)16-12-20/h9-16H,3-8,25-26H2,1-2H3,(H,29,31)(H,30,32)/b27-17+,28-18+. The molecule has 2 rings (SSSR count). The van der Waals surface area contributed by atoms with Crippen LogP contribution in [0.5, 0.6) is 0 Å². The van der Waals surface area contributed by atoms with Crippen LogP contribution in [0.2, 0.25) is 0 Å². The molecule has 0 aliphatic heterocycles. The van der Waals surface area contributed by atoms with Crippen molar-refractivity contribution in [2.45, 2.75) is 52.4 Å². The summed E-state index contributed by atoms with van der Waals surface area (Å²) < 4.78 is 0. The first-order valence-electron chi connectivity index (χ1n) is 10.7. The SMILES string of the molecule is C/C(=N\NC(=O)CCCCCCC(=O)N/N=C(\C)c1ccc(N)cc1)c1ccc(N)cc1. The minimum absolute atomic E-state index is 0.120. The second kappa shape index (κ2) is 12.9. The summed E-state index contributed by atoms with van der Waals surface area (Å²) in [5.41, 5.74) is 21.1. The van der Waals surface area contributed by atoms with Crippen molar-refractivity contribution >= 4 is 34.6 Å². The molecule has 2 amide bonds. The van der Waals surface area contributed by atoms with Crippen molar-refractivity contribution in [1.82, 2.24) is 10.9 Å². The fourth-order valence-corrected chi connectivity index (χ4v) is 2.91. The van der Waals surface area contributed by atoms with E-state index in [1.807, 2.05) is 38.1 Å². The minimum Gasteiger partial charge on any atom is -0.399 e. The number of nitrogens with one attached hydrogen (secondary N) is 2. The van der Waals surface area contributed by atoms with Crippen LogP contribution in [0.25, 0.3) is 0 Å².